The van der Waals surface area contributed by atoms with Crippen LogP contribution < -0.4 is 0 Å². The van der Waals surface area contributed by atoms with Crippen LogP contribution in [0.3, 0.4) is 0 Å². The minimum absolute atomic E-state index is 0.225. The van der Waals surface area contributed by atoms with E-state index in [9.17, 15) is 8.42 Å². The standard InChI is InChI=1S/C16H11N3O2S/c20-22(21,12-6-2-1-3-7-12)19-14-9-5-4-8-13(14)15-16(19)18-11-10-17-15/h1-11H. The summed E-state index contributed by atoms with van der Waals surface area (Å²) in [6.07, 6.45) is 3.06. The lowest BCUT2D eigenvalue weighted by atomic mass is 10.2. The lowest BCUT2D eigenvalue weighted by molar-refractivity contribution is 0.590. The molecule has 22 heavy (non-hydrogen) atoms. The summed E-state index contributed by atoms with van der Waals surface area (Å²) in [5.41, 5.74) is 1.50. The molecule has 2 aromatic carbocycles. The molecule has 0 spiro atoms. The number of rotatable bonds is 2. The van der Waals surface area contributed by atoms with E-state index in [1.54, 1.807) is 48.7 Å². The Morgan fingerprint density at radius 2 is 1.50 bits per heavy atom. The molecule has 0 atom stereocenters. The number of fused-ring (bicyclic) bond motifs is 3. The summed E-state index contributed by atoms with van der Waals surface area (Å²) in [7, 11) is -3.73. The highest BCUT2D eigenvalue weighted by Crippen LogP contribution is 2.29. The van der Waals surface area contributed by atoms with Gasteiger partial charge in [-0.15, -0.1) is 0 Å². The molecule has 0 aliphatic carbocycles. The average Bonchev–Trinajstić information content (AvgIpc) is 2.91. The normalized spacial score (nSPS) is 12.0. The monoisotopic (exact) mass is 309 g/mol. The van der Waals surface area contributed by atoms with Crippen LogP contribution in [0.25, 0.3) is 22.1 Å². The van der Waals surface area contributed by atoms with Gasteiger partial charge in [-0.3, -0.25) is 4.98 Å². The van der Waals surface area contributed by atoms with Crippen molar-refractivity contribution in [3.63, 3.8) is 0 Å². The maximum absolute atomic E-state index is 13.0. The molecule has 2 heterocycles. The summed E-state index contributed by atoms with van der Waals surface area (Å²) in [4.78, 5) is 8.75. The van der Waals surface area contributed by atoms with Gasteiger partial charge in [-0.05, 0) is 18.2 Å². The quantitative estimate of drug-likeness (QED) is 0.571. The van der Waals surface area contributed by atoms with Gasteiger partial charge in [0.05, 0.1) is 10.4 Å². The molecule has 0 amide bonds. The molecular weight excluding hydrogens is 298 g/mol. The van der Waals surface area contributed by atoms with Crippen molar-refractivity contribution in [1.82, 2.24) is 13.9 Å². The summed E-state index contributed by atoms with van der Waals surface area (Å²) in [5, 5.41) is 0.769. The van der Waals surface area contributed by atoms with Gasteiger partial charge >= 0.3 is 0 Å². The molecule has 0 saturated heterocycles. The van der Waals surface area contributed by atoms with Gasteiger partial charge in [-0.1, -0.05) is 36.4 Å². The van der Waals surface area contributed by atoms with E-state index in [-0.39, 0.29) is 4.90 Å². The number of aromatic nitrogens is 3. The van der Waals surface area contributed by atoms with E-state index < -0.39 is 10.0 Å². The first-order chi connectivity index (χ1) is 10.7. The fourth-order valence-electron chi connectivity index (χ4n) is 2.58. The Kier molecular flexibility index (Phi) is 2.74. The third-order valence-corrected chi connectivity index (χ3v) is 5.25. The van der Waals surface area contributed by atoms with Crippen LogP contribution in [0.1, 0.15) is 0 Å². The molecule has 5 nitrogen and oxygen atoms in total. The number of para-hydroxylation sites is 1. The van der Waals surface area contributed by atoms with Crippen LogP contribution in [0.2, 0.25) is 0 Å². The highest BCUT2D eigenvalue weighted by Gasteiger charge is 2.24. The zero-order chi connectivity index (χ0) is 15.2. The Morgan fingerprint density at radius 3 is 2.32 bits per heavy atom. The van der Waals surface area contributed by atoms with Gasteiger partial charge in [0.15, 0.2) is 5.65 Å². The number of hydrogen-bond donors (Lipinski definition) is 0. The van der Waals surface area contributed by atoms with Crippen molar-refractivity contribution in [2.24, 2.45) is 0 Å². The van der Waals surface area contributed by atoms with E-state index in [4.69, 9.17) is 0 Å². The second-order valence-corrected chi connectivity index (χ2v) is 6.61. The molecule has 0 bridgehead atoms. The lowest BCUT2D eigenvalue weighted by Crippen LogP contribution is -2.13. The molecule has 2 aromatic heterocycles. The maximum atomic E-state index is 13.0. The minimum Gasteiger partial charge on any atom is -0.251 e. The summed E-state index contributed by atoms with van der Waals surface area (Å²) >= 11 is 0. The third-order valence-electron chi connectivity index (χ3n) is 3.53. The van der Waals surface area contributed by atoms with E-state index >= 15 is 0 Å². The summed E-state index contributed by atoms with van der Waals surface area (Å²) in [5.74, 6) is 0. The van der Waals surface area contributed by atoms with Crippen LogP contribution in [0.4, 0.5) is 0 Å². The van der Waals surface area contributed by atoms with Gasteiger partial charge < -0.3 is 0 Å². The Labute approximate surface area is 126 Å². The fraction of sp³-hybridized carbons (Fsp3) is 0. The van der Waals surface area contributed by atoms with Crippen LogP contribution in [-0.4, -0.2) is 22.4 Å². The molecule has 4 aromatic rings. The fourth-order valence-corrected chi connectivity index (χ4v) is 4.07. The Morgan fingerprint density at radius 1 is 0.818 bits per heavy atom. The van der Waals surface area contributed by atoms with Gasteiger partial charge in [0, 0.05) is 17.8 Å². The summed E-state index contributed by atoms with van der Waals surface area (Å²) in [6, 6.07) is 15.6. The van der Waals surface area contributed by atoms with E-state index in [2.05, 4.69) is 9.97 Å². The van der Waals surface area contributed by atoms with E-state index in [1.165, 1.54) is 10.2 Å². The first-order valence-electron chi connectivity index (χ1n) is 6.70. The van der Waals surface area contributed by atoms with Crippen molar-refractivity contribution < 1.29 is 8.42 Å². The number of hydrogen-bond acceptors (Lipinski definition) is 4. The van der Waals surface area contributed by atoms with Gasteiger partial charge in [0.1, 0.15) is 5.52 Å². The average molecular weight is 309 g/mol. The van der Waals surface area contributed by atoms with Crippen molar-refractivity contribution >= 4 is 32.1 Å². The molecule has 0 unspecified atom stereocenters. The van der Waals surface area contributed by atoms with E-state index in [1.807, 2.05) is 12.1 Å². The molecule has 0 aliphatic rings. The maximum Gasteiger partial charge on any atom is 0.269 e. The topological polar surface area (TPSA) is 64.8 Å². The second-order valence-electron chi connectivity index (χ2n) is 4.83. The Bertz CT molecular complexity index is 1030. The van der Waals surface area contributed by atoms with Crippen LogP contribution in [-0.2, 0) is 10.0 Å². The van der Waals surface area contributed by atoms with Crippen LogP contribution >= 0.6 is 0 Å². The number of nitrogens with zero attached hydrogens (tertiary/aromatic N) is 3. The lowest BCUT2D eigenvalue weighted by Gasteiger charge is -2.08. The molecule has 0 N–H and O–H groups in total. The van der Waals surface area contributed by atoms with Crippen LogP contribution in [0.5, 0.6) is 0 Å². The Hall–Kier alpha value is -2.73. The highest BCUT2D eigenvalue weighted by molar-refractivity contribution is 7.90. The molecule has 108 valence electrons. The zero-order valence-corrected chi connectivity index (χ0v) is 12.2. The van der Waals surface area contributed by atoms with Gasteiger partial charge in [-0.25, -0.2) is 17.4 Å². The van der Waals surface area contributed by atoms with Crippen molar-refractivity contribution in [2.75, 3.05) is 0 Å². The van der Waals surface area contributed by atoms with Gasteiger partial charge in [-0.2, -0.15) is 0 Å². The van der Waals surface area contributed by atoms with Crippen molar-refractivity contribution in [3.8, 4) is 0 Å². The van der Waals surface area contributed by atoms with Crippen LogP contribution in [0.15, 0.2) is 71.9 Å². The molecule has 0 radical (unpaired) electrons. The van der Waals surface area contributed by atoms with E-state index in [0.717, 1.165) is 5.39 Å². The molecule has 0 saturated carbocycles. The molecule has 6 heteroatoms. The van der Waals surface area contributed by atoms with Crippen molar-refractivity contribution in [2.45, 2.75) is 4.90 Å². The molecule has 0 fully saturated rings. The SMILES string of the molecule is O=S(=O)(c1ccccc1)n1c2ccccc2c2nccnc21. The Balaban J connectivity index is 2.18. The molecule has 0 aliphatic heterocycles. The first kappa shape index (κ1) is 13.0. The highest BCUT2D eigenvalue weighted by atomic mass is 32.2. The third kappa shape index (κ3) is 1.74. The second kappa shape index (κ2) is 4.64. The predicted octanol–water partition coefficient (Wildman–Crippen LogP) is 2.82. The summed E-state index contributed by atoms with van der Waals surface area (Å²) in [6.45, 7) is 0. The van der Waals surface area contributed by atoms with Crippen LogP contribution in [0, 0.1) is 0 Å². The predicted molar refractivity (Wildman–Crippen MR) is 84.1 cm³/mol. The largest absolute Gasteiger partial charge is 0.269 e. The molecule has 4 rings (SSSR count). The summed E-state index contributed by atoms with van der Waals surface area (Å²) < 4.78 is 27.3. The smallest absolute Gasteiger partial charge is 0.251 e. The van der Waals surface area contributed by atoms with Crippen molar-refractivity contribution in [3.05, 3.63) is 67.0 Å². The number of benzene rings is 2. The zero-order valence-electron chi connectivity index (χ0n) is 11.4. The molecular formula is C16H11N3O2S. The van der Waals surface area contributed by atoms with Gasteiger partial charge in [0.2, 0.25) is 0 Å². The van der Waals surface area contributed by atoms with Gasteiger partial charge in [0.25, 0.3) is 10.0 Å². The van der Waals surface area contributed by atoms with E-state index in [0.29, 0.717) is 16.7 Å². The first-order valence-corrected chi connectivity index (χ1v) is 8.14. The van der Waals surface area contributed by atoms with Crippen molar-refractivity contribution in [1.29, 1.82) is 0 Å². The minimum atomic E-state index is -3.73.